The largest absolute Gasteiger partial charge is 0.481 e. The van der Waals surface area contributed by atoms with E-state index in [1.54, 1.807) is 48.5 Å². The first-order chi connectivity index (χ1) is 12.8. The van der Waals surface area contributed by atoms with Gasteiger partial charge in [0.15, 0.2) is 11.6 Å². The molecule has 7 nitrogen and oxygen atoms in total. The van der Waals surface area contributed by atoms with Gasteiger partial charge in [-0.1, -0.05) is 0 Å². The number of benzene rings is 2. The van der Waals surface area contributed by atoms with Gasteiger partial charge in [-0.05, 0) is 48.5 Å². The first-order valence-electron chi connectivity index (χ1n) is 8.23. The van der Waals surface area contributed by atoms with Crippen molar-refractivity contribution in [2.24, 2.45) is 0 Å². The van der Waals surface area contributed by atoms with Gasteiger partial charge in [0.2, 0.25) is 0 Å². The highest BCUT2D eigenvalue weighted by atomic mass is 16.5. The fourth-order valence-corrected chi connectivity index (χ4v) is 2.28. The number of carboxylic acid groups (broad SMARTS) is 2. The third-order valence-electron chi connectivity index (χ3n) is 3.72. The van der Waals surface area contributed by atoms with Crippen molar-refractivity contribution in [2.45, 2.75) is 25.7 Å². The second kappa shape index (κ2) is 9.28. The smallest absolute Gasteiger partial charge is 0.303 e. The minimum atomic E-state index is -1.02. The van der Waals surface area contributed by atoms with Crippen molar-refractivity contribution in [2.75, 3.05) is 0 Å². The van der Waals surface area contributed by atoms with Crippen molar-refractivity contribution in [1.82, 2.24) is 0 Å². The molecule has 0 saturated heterocycles. The molecule has 2 aromatic rings. The fourth-order valence-electron chi connectivity index (χ4n) is 2.28. The molecule has 2 aromatic carbocycles. The van der Waals surface area contributed by atoms with Crippen molar-refractivity contribution in [3.8, 4) is 11.5 Å². The Morgan fingerprint density at radius 2 is 0.926 bits per heavy atom. The lowest BCUT2D eigenvalue weighted by molar-refractivity contribution is -0.137. The maximum absolute atomic E-state index is 11.8. The minimum Gasteiger partial charge on any atom is -0.481 e. The maximum Gasteiger partial charge on any atom is 0.303 e. The highest BCUT2D eigenvalue weighted by molar-refractivity contribution is 5.98. The Hall–Kier alpha value is -3.48. The molecule has 0 amide bonds. The van der Waals surface area contributed by atoms with Gasteiger partial charge >= 0.3 is 11.9 Å². The van der Waals surface area contributed by atoms with Gasteiger partial charge in [-0.15, -0.1) is 0 Å². The number of hydrogen-bond donors (Lipinski definition) is 2. The number of rotatable bonds is 10. The van der Waals surface area contributed by atoms with Crippen molar-refractivity contribution in [3.05, 3.63) is 59.7 Å². The average molecular weight is 370 g/mol. The summed E-state index contributed by atoms with van der Waals surface area (Å²) in [4.78, 5) is 44.7. The summed E-state index contributed by atoms with van der Waals surface area (Å²) in [5.74, 6) is -1.59. The van der Waals surface area contributed by atoms with Crippen LogP contribution in [0.15, 0.2) is 48.5 Å². The molecular weight excluding hydrogens is 352 g/mol. The van der Waals surface area contributed by atoms with Crippen LogP contribution in [-0.4, -0.2) is 33.7 Å². The van der Waals surface area contributed by atoms with E-state index in [1.807, 2.05) is 0 Å². The van der Waals surface area contributed by atoms with Gasteiger partial charge in [0, 0.05) is 24.0 Å². The number of Topliss-reactive ketones (excluding diaryl/α,β-unsaturated/α-hetero) is 2. The van der Waals surface area contributed by atoms with Gasteiger partial charge in [0.25, 0.3) is 0 Å². The Morgan fingerprint density at radius 1 is 0.593 bits per heavy atom. The first kappa shape index (κ1) is 19.8. The highest BCUT2D eigenvalue weighted by Crippen LogP contribution is 2.23. The van der Waals surface area contributed by atoms with E-state index in [9.17, 15) is 19.2 Å². The van der Waals surface area contributed by atoms with Crippen molar-refractivity contribution >= 4 is 23.5 Å². The van der Waals surface area contributed by atoms with Crippen LogP contribution in [0, 0.1) is 0 Å². The van der Waals surface area contributed by atoms with E-state index in [0.29, 0.717) is 22.6 Å². The van der Waals surface area contributed by atoms with Gasteiger partial charge in [-0.3, -0.25) is 19.2 Å². The summed E-state index contributed by atoms with van der Waals surface area (Å²) >= 11 is 0. The highest BCUT2D eigenvalue weighted by Gasteiger charge is 2.10. The Labute approximate surface area is 155 Å². The molecule has 2 rings (SSSR count). The van der Waals surface area contributed by atoms with Crippen LogP contribution in [0.4, 0.5) is 0 Å². The Balaban J connectivity index is 1.95. The number of aliphatic carboxylic acids is 2. The van der Waals surface area contributed by atoms with Gasteiger partial charge in [0.05, 0.1) is 12.8 Å². The molecular formula is C20H18O7. The molecule has 0 aliphatic carbocycles. The molecule has 0 bridgehead atoms. The third-order valence-corrected chi connectivity index (χ3v) is 3.72. The standard InChI is InChI=1S/C20H18O7/c21-17(9-11-19(23)24)13-1-5-15(6-2-13)27-16-7-3-14(4-8-16)18(22)10-12-20(25)26/h1-8H,9-12H2,(H,23,24)(H,25,26). The van der Waals surface area contributed by atoms with Crippen LogP contribution in [0.25, 0.3) is 0 Å². The van der Waals surface area contributed by atoms with Crippen LogP contribution in [-0.2, 0) is 9.59 Å². The normalized spacial score (nSPS) is 10.2. The summed E-state index contributed by atoms with van der Waals surface area (Å²) in [6, 6.07) is 12.6. The quantitative estimate of drug-likeness (QED) is 0.614. The van der Waals surface area contributed by atoms with Crippen LogP contribution in [0.5, 0.6) is 11.5 Å². The second-order valence-electron chi connectivity index (χ2n) is 5.78. The molecule has 0 saturated carbocycles. The summed E-state index contributed by atoms with van der Waals surface area (Å²) in [7, 11) is 0. The third kappa shape index (κ3) is 6.39. The number of carbonyl (C=O) groups is 4. The lowest BCUT2D eigenvalue weighted by Crippen LogP contribution is -2.04. The van der Waals surface area contributed by atoms with Crippen LogP contribution in [0.1, 0.15) is 46.4 Å². The lowest BCUT2D eigenvalue weighted by atomic mass is 10.1. The number of ether oxygens (including phenoxy) is 1. The Morgan fingerprint density at radius 3 is 1.22 bits per heavy atom. The molecule has 140 valence electrons. The van der Waals surface area contributed by atoms with Crippen LogP contribution < -0.4 is 4.74 Å². The molecule has 0 atom stereocenters. The molecule has 7 heteroatoms. The van der Waals surface area contributed by atoms with E-state index in [4.69, 9.17) is 14.9 Å². The molecule has 0 fully saturated rings. The Kier molecular flexibility index (Phi) is 6.82. The lowest BCUT2D eigenvalue weighted by Gasteiger charge is -2.07. The van der Waals surface area contributed by atoms with Crippen molar-refractivity contribution < 1.29 is 34.1 Å². The van der Waals surface area contributed by atoms with Crippen molar-refractivity contribution in [3.63, 3.8) is 0 Å². The molecule has 27 heavy (non-hydrogen) atoms. The van der Waals surface area contributed by atoms with Gasteiger partial charge in [-0.25, -0.2) is 0 Å². The number of ketones is 2. The van der Waals surface area contributed by atoms with Gasteiger partial charge < -0.3 is 14.9 Å². The maximum atomic E-state index is 11.8. The number of carbonyl (C=O) groups excluding carboxylic acids is 2. The summed E-state index contributed by atoms with van der Waals surface area (Å²) < 4.78 is 5.63. The van der Waals surface area contributed by atoms with E-state index in [1.165, 1.54) is 0 Å². The summed E-state index contributed by atoms with van der Waals surface area (Å²) in [5.41, 5.74) is 0.811. The molecule has 0 aliphatic heterocycles. The molecule has 0 aromatic heterocycles. The van der Waals surface area contributed by atoms with E-state index < -0.39 is 11.9 Å². The topological polar surface area (TPSA) is 118 Å². The fraction of sp³-hybridized carbons (Fsp3) is 0.200. The zero-order chi connectivity index (χ0) is 19.8. The number of hydrogen-bond acceptors (Lipinski definition) is 5. The SMILES string of the molecule is O=C(O)CCC(=O)c1ccc(Oc2ccc(C(=O)CCC(=O)O)cc2)cc1. The average Bonchev–Trinajstić information content (AvgIpc) is 2.65. The predicted molar refractivity (Wildman–Crippen MR) is 95.4 cm³/mol. The summed E-state index contributed by atoms with van der Waals surface area (Å²) in [6.07, 6.45) is -0.553. The van der Waals surface area contributed by atoms with Gasteiger partial charge in [0.1, 0.15) is 11.5 Å². The van der Waals surface area contributed by atoms with E-state index in [-0.39, 0.29) is 37.2 Å². The van der Waals surface area contributed by atoms with Crippen LogP contribution >= 0.6 is 0 Å². The van der Waals surface area contributed by atoms with E-state index in [2.05, 4.69) is 0 Å². The van der Waals surface area contributed by atoms with E-state index in [0.717, 1.165) is 0 Å². The Bertz CT molecular complexity index is 764. The molecule has 2 N–H and O–H groups in total. The monoisotopic (exact) mass is 370 g/mol. The second-order valence-corrected chi connectivity index (χ2v) is 5.78. The molecule has 0 aliphatic rings. The van der Waals surface area contributed by atoms with Crippen molar-refractivity contribution in [1.29, 1.82) is 0 Å². The van der Waals surface area contributed by atoms with Crippen LogP contribution in [0.3, 0.4) is 0 Å². The summed E-state index contributed by atoms with van der Waals surface area (Å²) in [6.45, 7) is 0. The zero-order valence-electron chi connectivity index (χ0n) is 14.4. The number of carboxylic acids is 2. The predicted octanol–water partition coefficient (Wildman–Crippen LogP) is 3.57. The summed E-state index contributed by atoms with van der Waals surface area (Å²) in [5, 5.41) is 17.2. The zero-order valence-corrected chi connectivity index (χ0v) is 14.4. The van der Waals surface area contributed by atoms with Gasteiger partial charge in [-0.2, -0.15) is 0 Å². The molecule has 0 spiro atoms. The first-order valence-corrected chi connectivity index (χ1v) is 8.23. The van der Waals surface area contributed by atoms with Crippen LogP contribution in [0.2, 0.25) is 0 Å². The molecule has 0 heterocycles. The minimum absolute atomic E-state index is 0.0626. The molecule has 0 radical (unpaired) electrons. The molecule has 0 unspecified atom stereocenters. The van der Waals surface area contributed by atoms with E-state index >= 15 is 0 Å².